The highest BCUT2D eigenvalue weighted by molar-refractivity contribution is 6.05. The molecule has 0 bridgehead atoms. The molecule has 1 aliphatic heterocycles. The lowest BCUT2D eigenvalue weighted by Crippen LogP contribution is -2.52. The van der Waals surface area contributed by atoms with Gasteiger partial charge < -0.3 is 4.74 Å². The van der Waals surface area contributed by atoms with Gasteiger partial charge >= 0.3 is 0 Å². The van der Waals surface area contributed by atoms with E-state index >= 15 is 0 Å². The summed E-state index contributed by atoms with van der Waals surface area (Å²) in [5.74, 6) is 0. The van der Waals surface area contributed by atoms with Crippen LogP contribution < -0.4 is 21.9 Å². The van der Waals surface area contributed by atoms with Crippen molar-refractivity contribution in [1.29, 1.82) is 0 Å². The Hall–Kier alpha value is -1.42. The van der Waals surface area contributed by atoms with Gasteiger partial charge in [0, 0.05) is 5.57 Å². The molecule has 2 atom stereocenters. The molecular formula is C12H10N2O. The molecular weight excluding hydrogens is 188 g/mol. The van der Waals surface area contributed by atoms with Crippen LogP contribution in [0.15, 0.2) is 36.4 Å². The molecule has 0 aromatic heterocycles. The monoisotopic (exact) mass is 198 g/mol. The van der Waals surface area contributed by atoms with Gasteiger partial charge in [-0.05, 0) is 22.1 Å². The van der Waals surface area contributed by atoms with Gasteiger partial charge in [-0.2, -0.15) is 0 Å². The third kappa shape index (κ3) is 0.649. The number of epoxide rings is 1. The Balaban J connectivity index is 2.14. The van der Waals surface area contributed by atoms with Crippen LogP contribution in [0.4, 0.5) is 0 Å². The summed E-state index contributed by atoms with van der Waals surface area (Å²) in [6.45, 7) is 0. The minimum absolute atomic E-state index is 0.778. The highest BCUT2D eigenvalue weighted by Crippen LogP contribution is 2.53. The van der Waals surface area contributed by atoms with Gasteiger partial charge in [-0.15, -0.1) is 0 Å². The van der Waals surface area contributed by atoms with Crippen molar-refractivity contribution >= 4 is 11.1 Å². The first-order valence-electron chi connectivity index (χ1n) is 4.97. The van der Waals surface area contributed by atoms with Crippen molar-refractivity contribution in [2.45, 2.75) is 11.4 Å². The van der Waals surface area contributed by atoms with Crippen molar-refractivity contribution in [1.82, 2.24) is 0 Å². The van der Waals surface area contributed by atoms with Gasteiger partial charge in [0.1, 0.15) is 0 Å². The Kier molecular flexibility index (Phi) is 1.00. The van der Waals surface area contributed by atoms with Crippen LogP contribution in [0.3, 0.4) is 0 Å². The van der Waals surface area contributed by atoms with E-state index in [9.17, 15) is 0 Å². The van der Waals surface area contributed by atoms with Crippen molar-refractivity contribution in [2.24, 2.45) is 11.5 Å². The molecule has 0 spiro atoms. The molecule has 3 heteroatoms. The number of benzene rings is 1. The van der Waals surface area contributed by atoms with Crippen molar-refractivity contribution < 1.29 is 4.74 Å². The number of rotatable bonds is 0. The van der Waals surface area contributed by atoms with Crippen LogP contribution in [0.25, 0.3) is 11.1 Å². The number of hydrogen-bond donors (Lipinski definition) is 2. The van der Waals surface area contributed by atoms with E-state index in [1.165, 1.54) is 16.0 Å². The van der Waals surface area contributed by atoms with E-state index in [0.717, 1.165) is 5.57 Å². The predicted molar refractivity (Wildman–Crippen MR) is 56.6 cm³/mol. The molecule has 1 heterocycles. The highest BCUT2D eigenvalue weighted by atomic mass is 16.7. The fourth-order valence-corrected chi connectivity index (χ4v) is 2.58. The minimum Gasteiger partial charge on any atom is -0.322 e. The van der Waals surface area contributed by atoms with Crippen molar-refractivity contribution in [3.63, 3.8) is 0 Å². The molecule has 4 N–H and O–H groups in total. The highest BCUT2D eigenvalue weighted by Gasteiger charge is 2.69. The lowest BCUT2D eigenvalue weighted by Gasteiger charge is -2.25. The van der Waals surface area contributed by atoms with Gasteiger partial charge in [-0.25, -0.2) is 0 Å². The molecule has 3 nitrogen and oxygen atoms in total. The van der Waals surface area contributed by atoms with Crippen LogP contribution >= 0.6 is 0 Å². The second kappa shape index (κ2) is 1.93. The minimum atomic E-state index is -0.786. The zero-order valence-corrected chi connectivity index (χ0v) is 8.03. The lowest BCUT2D eigenvalue weighted by molar-refractivity contribution is 0.316. The molecule has 74 valence electrons. The summed E-state index contributed by atoms with van der Waals surface area (Å²) in [6, 6.07) is 8.18. The molecule has 15 heavy (non-hydrogen) atoms. The van der Waals surface area contributed by atoms with Crippen LogP contribution in [0, 0.1) is 0 Å². The zero-order chi connectivity index (χ0) is 10.3. The van der Waals surface area contributed by atoms with Gasteiger partial charge in [0.25, 0.3) is 0 Å². The van der Waals surface area contributed by atoms with E-state index in [4.69, 9.17) is 16.2 Å². The summed E-state index contributed by atoms with van der Waals surface area (Å²) in [6.07, 6.45) is 3.86. The summed E-state index contributed by atoms with van der Waals surface area (Å²) >= 11 is 0. The molecule has 2 aliphatic carbocycles. The molecule has 0 saturated carbocycles. The maximum atomic E-state index is 6.13. The lowest BCUT2D eigenvalue weighted by atomic mass is 9.79. The maximum Gasteiger partial charge on any atom is 0.193 e. The van der Waals surface area contributed by atoms with E-state index in [2.05, 4.69) is 12.1 Å². The quantitative estimate of drug-likeness (QED) is 0.521. The summed E-state index contributed by atoms with van der Waals surface area (Å²) < 4.78 is 5.45. The Bertz CT molecular complexity index is 646. The first-order valence-corrected chi connectivity index (χ1v) is 4.97. The Morgan fingerprint density at radius 2 is 1.80 bits per heavy atom. The first-order chi connectivity index (χ1) is 7.16. The molecule has 1 saturated heterocycles. The number of fused-ring (bicyclic) bond motifs is 4. The van der Waals surface area contributed by atoms with E-state index < -0.39 is 11.4 Å². The van der Waals surface area contributed by atoms with Gasteiger partial charge in [0.2, 0.25) is 0 Å². The van der Waals surface area contributed by atoms with Gasteiger partial charge in [-0.1, -0.05) is 30.3 Å². The predicted octanol–water partition coefficient (Wildman–Crippen LogP) is -1.09. The standard InChI is InChI=1S/C12H10N2O/c13-11-6-5-9-7-3-1-2-4-8(7)10(9)12(11,14)15-11/h1-6H,13-14H2. The van der Waals surface area contributed by atoms with Crippen molar-refractivity contribution in [2.75, 3.05) is 0 Å². The summed E-state index contributed by atoms with van der Waals surface area (Å²) in [5.41, 5.74) is 12.8. The fourth-order valence-electron chi connectivity index (χ4n) is 2.58. The number of hydrogen-bond acceptors (Lipinski definition) is 3. The SMILES string of the molecule is NC12C=CC3=c4ccccc4=C3C1(N)O2. The third-order valence-electron chi connectivity index (χ3n) is 3.49. The second-order valence-electron chi connectivity index (χ2n) is 4.30. The largest absolute Gasteiger partial charge is 0.322 e. The van der Waals surface area contributed by atoms with Gasteiger partial charge in [0.15, 0.2) is 11.4 Å². The second-order valence-corrected chi connectivity index (χ2v) is 4.30. The summed E-state index contributed by atoms with van der Waals surface area (Å²) in [4.78, 5) is 0. The molecule has 2 unspecified atom stereocenters. The Morgan fingerprint density at radius 1 is 1.07 bits per heavy atom. The number of nitrogens with two attached hydrogens (primary N) is 2. The summed E-state index contributed by atoms with van der Waals surface area (Å²) in [5, 5.41) is 2.41. The first kappa shape index (κ1) is 7.82. The smallest absolute Gasteiger partial charge is 0.193 e. The molecule has 1 aromatic rings. The molecule has 1 fully saturated rings. The molecule has 4 rings (SSSR count). The molecule has 3 aliphatic rings. The average molecular weight is 198 g/mol. The number of allylic oxidation sites excluding steroid dienone is 1. The van der Waals surface area contributed by atoms with Crippen LogP contribution in [0.2, 0.25) is 0 Å². The molecule has 0 amide bonds. The van der Waals surface area contributed by atoms with E-state index in [1.807, 2.05) is 24.3 Å². The van der Waals surface area contributed by atoms with E-state index in [0.29, 0.717) is 0 Å². The van der Waals surface area contributed by atoms with E-state index in [-0.39, 0.29) is 0 Å². The van der Waals surface area contributed by atoms with Crippen LogP contribution in [-0.4, -0.2) is 11.4 Å². The average Bonchev–Trinajstić information content (AvgIpc) is 2.73. The Labute approximate surface area is 86.3 Å². The van der Waals surface area contributed by atoms with E-state index in [1.54, 1.807) is 0 Å². The Morgan fingerprint density at radius 3 is 2.60 bits per heavy atom. The maximum absolute atomic E-state index is 6.13. The van der Waals surface area contributed by atoms with Gasteiger partial charge in [0.05, 0.1) is 0 Å². The van der Waals surface area contributed by atoms with Crippen LogP contribution in [0.5, 0.6) is 0 Å². The normalized spacial score (nSPS) is 39.1. The number of ether oxygens (including phenoxy) is 1. The van der Waals surface area contributed by atoms with Gasteiger partial charge in [-0.3, -0.25) is 11.5 Å². The fraction of sp³-hybridized carbons (Fsp3) is 0.167. The molecule has 1 aromatic carbocycles. The zero-order valence-electron chi connectivity index (χ0n) is 8.03. The third-order valence-corrected chi connectivity index (χ3v) is 3.49. The van der Waals surface area contributed by atoms with Crippen molar-refractivity contribution in [3.8, 4) is 0 Å². The summed E-state index contributed by atoms with van der Waals surface area (Å²) in [7, 11) is 0. The molecule has 0 radical (unpaired) electrons. The van der Waals surface area contributed by atoms with Crippen LogP contribution in [0.1, 0.15) is 0 Å². The van der Waals surface area contributed by atoms with Crippen molar-refractivity contribution in [3.05, 3.63) is 46.9 Å². The van der Waals surface area contributed by atoms with Crippen LogP contribution in [-0.2, 0) is 4.74 Å². The topological polar surface area (TPSA) is 64.6 Å².